The van der Waals surface area contributed by atoms with E-state index in [2.05, 4.69) is 0 Å². The van der Waals surface area contributed by atoms with Gasteiger partial charge >= 0.3 is 5.97 Å². The van der Waals surface area contributed by atoms with Crippen LogP contribution in [0.2, 0.25) is 0 Å². The van der Waals surface area contributed by atoms with Crippen molar-refractivity contribution in [2.24, 2.45) is 17.6 Å². The Morgan fingerprint density at radius 3 is 1.18 bits per heavy atom. The van der Waals surface area contributed by atoms with E-state index in [1.165, 1.54) is 6.92 Å². The molecule has 3 N–H and O–H groups in total. The lowest BCUT2D eigenvalue weighted by Gasteiger charge is -2.48. The van der Waals surface area contributed by atoms with Crippen molar-refractivity contribution >= 4 is 5.97 Å². The van der Waals surface area contributed by atoms with Gasteiger partial charge in [0, 0.05) is 6.92 Å². The summed E-state index contributed by atoms with van der Waals surface area (Å²) in [5.41, 5.74) is 15.3. The summed E-state index contributed by atoms with van der Waals surface area (Å²) < 4.78 is 114. The third-order valence-corrected chi connectivity index (χ3v) is 20.6. The van der Waals surface area contributed by atoms with Crippen LogP contribution in [0, 0.1) is 11.8 Å². The number of carbonyl (C=O) groups excluding carboxylic acids is 1. The fourth-order valence-corrected chi connectivity index (χ4v) is 15.0. The SMILES string of the molecule is C/C=C/[C@@H](OCc1ccccc1)[C@@H](N)COC12OC(COCc3ccccc3)[C@@H](OC34OC(COCc5ccccc5)[C@H](O[C@H]5OC(COCc6ccccc6)[C@H](OCc6ccccc6)C(O)C5OCc5ccccc5)C(OCc5ccccc5)C3C4OCc3ccccc3)C(OCc3ccccc3)C1C2OC(C)=O. The number of rotatable bonds is 40. The molecule has 19 atom stereocenters. The lowest BCUT2D eigenvalue weighted by molar-refractivity contribution is -0.375. The van der Waals surface area contributed by atoms with Gasteiger partial charge in [-0.15, -0.1) is 0 Å². The Balaban J connectivity index is 0.869. The minimum atomic E-state index is -1.73. The highest BCUT2D eigenvalue weighted by Gasteiger charge is 2.83. The van der Waals surface area contributed by atoms with Gasteiger partial charge in [-0.05, 0) is 57.0 Å². The van der Waals surface area contributed by atoms with Crippen LogP contribution in [-0.2, 0) is 140 Å². The Hall–Kier alpha value is -8.49. The van der Waals surface area contributed by atoms with Gasteiger partial charge in [-0.25, -0.2) is 0 Å². The number of allylic oxidation sites excluding steroid dienone is 1. The molecule has 2 saturated carbocycles. The number of ether oxygens (including phenoxy) is 16. The molecule has 13 unspecified atom stereocenters. The molecule has 576 valence electrons. The first-order valence-corrected chi connectivity index (χ1v) is 38.1. The topological polar surface area (TPSA) is 211 Å². The van der Waals surface area contributed by atoms with Crippen molar-refractivity contribution < 1.29 is 85.7 Å². The van der Waals surface area contributed by atoms with Gasteiger partial charge < -0.3 is 86.6 Å². The van der Waals surface area contributed by atoms with Crippen molar-refractivity contribution in [3.05, 3.63) is 335 Å². The van der Waals surface area contributed by atoms with Crippen molar-refractivity contribution in [3.8, 4) is 0 Å². The molecule has 2 aliphatic carbocycles. The third kappa shape index (κ3) is 20.0. The van der Waals surface area contributed by atoms with Crippen LogP contribution in [0.5, 0.6) is 0 Å². The number of nitrogens with two attached hydrogens (primary N) is 1. The van der Waals surface area contributed by atoms with Crippen molar-refractivity contribution in [2.75, 3.05) is 26.4 Å². The molecule has 9 aromatic carbocycles. The van der Waals surface area contributed by atoms with E-state index in [1.807, 2.05) is 292 Å². The summed E-state index contributed by atoms with van der Waals surface area (Å²) in [7, 11) is 0. The van der Waals surface area contributed by atoms with Crippen molar-refractivity contribution in [1.82, 2.24) is 0 Å². The van der Waals surface area contributed by atoms with Crippen LogP contribution in [-0.4, -0.2) is 141 Å². The molecule has 5 aliphatic rings. The second-order valence-corrected chi connectivity index (χ2v) is 28.6. The van der Waals surface area contributed by atoms with Crippen LogP contribution in [0.1, 0.15) is 63.9 Å². The fraction of sp³-hybridized carbons (Fsp3) is 0.374. The summed E-state index contributed by atoms with van der Waals surface area (Å²) in [5.74, 6) is -5.59. The first-order chi connectivity index (χ1) is 54.1. The quantitative estimate of drug-likeness (QED) is 0.0270. The second-order valence-electron chi connectivity index (χ2n) is 28.6. The van der Waals surface area contributed by atoms with Gasteiger partial charge in [0.25, 0.3) is 0 Å². The molecule has 110 heavy (non-hydrogen) atoms. The van der Waals surface area contributed by atoms with Crippen LogP contribution in [0.3, 0.4) is 0 Å². The summed E-state index contributed by atoms with van der Waals surface area (Å²) in [5, 5.41) is 13.2. The minimum Gasteiger partial charge on any atom is -0.456 e. The second kappa shape index (κ2) is 38.6. The molecule has 0 radical (unpaired) electrons. The molecule has 19 heteroatoms. The molecular formula is C91H99NO18. The average Bonchev–Trinajstić information content (AvgIpc) is 1.50. The molecule has 5 fully saturated rings. The highest BCUT2D eigenvalue weighted by Crippen LogP contribution is 2.64. The van der Waals surface area contributed by atoms with Gasteiger partial charge in [0.1, 0.15) is 54.9 Å². The Kier molecular flexibility index (Phi) is 27.5. The van der Waals surface area contributed by atoms with E-state index in [9.17, 15) is 9.90 Å². The van der Waals surface area contributed by atoms with E-state index in [-0.39, 0.29) is 79.3 Å². The zero-order valence-electron chi connectivity index (χ0n) is 62.1. The summed E-state index contributed by atoms with van der Waals surface area (Å²) in [6.45, 7) is 4.46. The zero-order valence-corrected chi connectivity index (χ0v) is 62.1. The Morgan fingerprint density at radius 1 is 0.418 bits per heavy atom. The van der Waals surface area contributed by atoms with Gasteiger partial charge in [0.2, 0.25) is 11.6 Å². The van der Waals surface area contributed by atoms with E-state index in [4.69, 9.17) is 81.5 Å². The minimum absolute atomic E-state index is 0.00407. The number of benzene rings is 9. The van der Waals surface area contributed by atoms with Crippen LogP contribution >= 0.6 is 0 Å². The maximum atomic E-state index is 13.7. The molecule has 19 nitrogen and oxygen atoms in total. The van der Waals surface area contributed by atoms with E-state index in [0.29, 0.717) is 6.61 Å². The number of fused-ring (bicyclic) bond motifs is 2. The van der Waals surface area contributed by atoms with E-state index < -0.39 is 121 Å². The number of aliphatic hydroxyl groups excluding tert-OH is 1. The van der Waals surface area contributed by atoms with Crippen LogP contribution in [0.25, 0.3) is 0 Å². The number of aliphatic hydroxyl groups is 1. The van der Waals surface area contributed by atoms with Crippen LogP contribution < -0.4 is 5.73 Å². The van der Waals surface area contributed by atoms with Gasteiger partial charge in [-0.2, -0.15) is 0 Å². The summed E-state index contributed by atoms with van der Waals surface area (Å²) in [6, 6.07) is 87.8. The molecule has 0 aromatic heterocycles. The smallest absolute Gasteiger partial charge is 0.303 e. The predicted molar refractivity (Wildman–Crippen MR) is 409 cm³/mol. The molecule has 0 spiro atoms. The highest BCUT2D eigenvalue weighted by molar-refractivity contribution is 5.67. The molecule has 3 saturated heterocycles. The predicted octanol–water partition coefficient (Wildman–Crippen LogP) is 13.3. The summed E-state index contributed by atoms with van der Waals surface area (Å²) >= 11 is 0. The van der Waals surface area contributed by atoms with Crippen molar-refractivity contribution in [3.63, 3.8) is 0 Å². The van der Waals surface area contributed by atoms with Crippen molar-refractivity contribution in [2.45, 2.75) is 177 Å². The van der Waals surface area contributed by atoms with Gasteiger partial charge in [0.05, 0.1) is 122 Å². The van der Waals surface area contributed by atoms with Gasteiger partial charge in [-0.3, -0.25) is 4.79 Å². The molecular weight excluding hydrogens is 1390 g/mol. The maximum Gasteiger partial charge on any atom is 0.303 e. The first kappa shape index (κ1) is 78.2. The van der Waals surface area contributed by atoms with E-state index in [0.717, 1.165) is 50.1 Å². The maximum absolute atomic E-state index is 13.7. The molecule has 0 amide bonds. The molecule has 3 aliphatic heterocycles. The molecule has 3 heterocycles. The molecule has 9 aromatic rings. The molecule has 0 bridgehead atoms. The monoisotopic (exact) mass is 1490 g/mol. The zero-order chi connectivity index (χ0) is 75.3. The normalized spacial score (nSPS) is 28.0. The summed E-state index contributed by atoms with van der Waals surface area (Å²) in [6.07, 6.45) is -10.9. The number of esters is 1. The highest BCUT2D eigenvalue weighted by atomic mass is 16.8. The van der Waals surface area contributed by atoms with Crippen molar-refractivity contribution in [1.29, 1.82) is 0 Å². The lowest BCUT2D eigenvalue weighted by atomic mass is 9.96. The Labute approximate surface area is 644 Å². The molecule has 14 rings (SSSR count). The summed E-state index contributed by atoms with van der Waals surface area (Å²) in [4.78, 5) is 13.7. The lowest BCUT2D eigenvalue weighted by Crippen LogP contribution is -2.64. The Morgan fingerprint density at radius 2 is 0.764 bits per heavy atom. The van der Waals surface area contributed by atoms with Crippen LogP contribution in [0.15, 0.2) is 285 Å². The van der Waals surface area contributed by atoms with Gasteiger partial charge in [-0.1, -0.05) is 285 Å². The van der Waals surface area contributed by atoms with E-state index in [1.54, 1.807) is 0 Å². The average molecular weight is 1490 g/mol. The van der Waals surface area contributed by atoms with Gasteiger partial charge in [0.15, 0.2) is 12.4 Å². The number of hydrogen-bond donors (Lipinski definition) is 2. The number of carbonyl (C=O) groups is 1. The first-order valence-electron chi connectivity index (χ1n) is 38.1. The fourth-order valence-electron chi connectivity index (χ4n) is 15.0. The third-order valence-electron chi connectivity index (χ3n) is 20.6. The largest absolute Gasteiger partial charge is 0.456 e. The Bertz CT molecular complexity index is 4210. The number of hydrogen-bond acceptors (Lipinski definition) is 19. The standard InChI is InChI=1S/C91H99NO18/c1-3-31-74(98-53-67-38-19-7-20-39-67)73(92)59-104-90-79(88(90)105-63(2)93)85(101-56-70-44-25-10-26-45-70)83(77(108-90)62-97-52-66-36-17-6-18-37-66)110-91-78(87(91)103-58-72-48-29-12-30-49-72)84(100-55-69-42-23-9-24-43-69)82(76(109-91)61-96-51-65-34-15-5-16-35-65)107-89-86(102-57-71-46-27-11-28-47-71)80(94)81(99-54-68-40-21-8-22-41-68)75(106-89)60-95-50-64-32-13-4-14-33-64/h3-49,73-89,94H,50-62,92H2,1-2H3/b31-3+/t73-,74+,75?,76?,77?,78?,79?,80?,81-,82-,83+,84?,85?,86?,87?,88?,89+,90?,91?/m0/s1. The van der Waals surface area contributed by atoms with Crippen LogP contribution in [0.4, 0.5) is 0 Å². The van der Waals surface area contributed by atoms with E-state index >= 15 is 0 Å².